The summed E-state index contributed by atoms with van der Waals surface area (Å²) in [6, 6.07) is 1.78. The van der Waals surface area contributed by atoms with Crippen molar-refractivity contribution in [2.75, 3.05) is 48.3 Å². The molecule has 2 aliphatic rings. The molecular weight excluding hydrogens is 416 g/mol. The normalized spacial score (nSPS) is 21.4. The van der Waals surface area contributed by atoms with Crippen LogP contribution in [0.2, 0.25) is 0 Å². The largest absolute Gasteiger partial charge is 0.416 e. The maximum Gasteiger partial charge on any atom is 0.277 e. The number of carbonyl (C=O) groups is 1. The number of anilines is 1. The Morgan fingerprint density at radius 2 is 1.93 bits per heavy atom. The zero-order valence-electron chi connectivity index (χ0n) is 15.8. The zero-order chi connectivity index (χ0) is 20.3. The Labute approximate surface area is 173 Å². The molecule has 2 saturated heterocycles. The van der Waals surface area contributed by atoms with Crippen LogP contribution in [0.5, 0.6) is 0 Å². The summed E-state index contributed by atoms with van der Waals surface area (Å²) >= 11 is 1.21. The number of thioether (sulfide) groups is 1. The van der Waals surface area contributed by atoms with Crippen molar-refractivity contribution in [3.05, 3.63) is 24.4 Å². The Morgan fingerprint density at radius 1 is 1.17 bits per heavy atom. The van der Waals surface area contributed by atoms with E-state index in [0.717, 1.165) is 0 Å². The Kier molecular flexibility index (Phi) is 5.99. The van der Waals surface area contributed by atoms with Gasteiger partial charge in [0.2, 0.25) is 17.7 Å². The lowest BCUT2D eigenvalue weighted by atomic mass is 10.1. The van der Waals surface area contributed by atoms with Crippen molar-refractivity contribution < 1.29 is 17.6 Å². The third-order valence-corrected chi connectivity index (χ3v) is 7.67. The van der Waals surface area contributed by atoms with E-state index in [9.17, 15) is 13.2 Å². The Bertz CT molecular complexity index is 944. The summed E-state index contributed by atoms with van der Waals surface area (Å²) in [7, 11) is -2.92. The van der Waals surface area contributed by atoms with Gasteiger partial charge in [-0.2, -0.15) is 0 Å². The maximum atomic E-state index is 12.5. The van der Waals surface area contributed by atoms with E-state index >= 15 is 0 Å². The number of aromatic nitrogens is 4. The average molecular weight is 439 g/mol. The van der Waals surface area contributed by atoms with Crippen molar-refractivity contribution in [1.29, 1.82) is 0 Å². The fourth-order valence-corrected chi connectivity index (χ4v) is 6.03. The Hall–Kier alpha value is -2.21. The first-order valence-corrected chi connectivity index (χ1v) is 12.2. The predicted molar refractivity (Wildman–Crippen MR) is 106 cm³/mol. The molecule has 0 N–H and O–H groups in total. The first-order valence-electron chi connectivity index (χ1n) is 9.44. The first-order chi connectivity index (χ1) is 14.0. The van der Waals surface area contributed by atoms with Crippen LogP contribution in [0.25, 0.3) is 0 Å². The highest BCUT2D eigenvalue weighted by Gasteiger charge is 2.29. The summed E-state index contributed by atoms with van der Waals surface area (Å²) in [6.45, 7) is 2.61. The van der Waals surface area contributed by atoms with Gasteiger partial charge in [0.05, 0.1) is 17.3 Å². The third-order valence-electron chi connectivity index (χ3n) is 5.02. The van der Waals surface area contributed by atoms with Crippen molar-refractivity contribution in [2.45, 2.75) is 18.1 Å². The lowest BCUT2D eigenvalue weighted by Crippen LogP contribution is -2.49. The van der Waals surface area contributed by atoms with Crippen LogP contribution in [-0.4, -0.2) is 82.8 Å². The van der Waals surface area contributed by atoms with Gasteiger partial charge in [0, 0.05) is 45.0 Å². The maximum absolute atomic E-state index is 12.5. The van der Waals surface area contributed by atoms with Crippen molar-refractivity contribution in [3.8, 4) is 0 Å². The summed E-state index contributed by atoms with van der Waals surface area (Å²) in [5.41, 5.74) is 0. The lowest BCUT2D eigenvalue weighted by molar-refractivity contribution is -0.128. The zero-order valence-corrected chi connectivity index (χ0v) is 17.4. The molecule has 2 aromatic rings. The number of nitrogens with zero attached hydrogens (tertiary/aromatic N) is 6. The van der Waals surface area contributed by atoms with Gasteiger partial charge in [-0.05, 0) is 18.4 Å². The van der Waals surface area contributed by atoms with Crippen LogP contribution in [0.15, 0.2) is 28.1 Å². The van der Waals surface area contributed by atoms with Crippen LogP contribution in [-0.2, 0) is 21.1 Å². The molecule has 2 fully saturated rings. The van der Waals surface area contributed by atoms with Crippen LogP contribution in [0.3, 0.4) is 0 Å². The van der Waals surface area contributed by atoms with Gasteiger partial charge < -0.3 is 14.2 Å². The molecule has 0 spiro atoms. The minimum Gasteiger partial charge on any atom is -0.416 e. The van der Waals surface area contributed by atoms with Gasteiger partial charge in [0.15, 0.2) is 9.84 Å². The van der Waals surface area contributed by atoms with Crippen LogP contribution >= 0.6 is 11.8 Å². The van der Waals surface area contributed by atoms with E-state index in [-0.39, 0.29) is 29.1 Å². The number of rotatable bonds is 6. The Morgan fingerprint density at radius 3 is 2.62 bits per heavy atom. The van der Waals surface area contributed by atoms with Crippen LogP contribution in [0, 0.1) is 5.92 Å². The molecule has 2 aliphatic heterocycles. The highest BCUT2D eigenvalue weighted by molar-refractivity contribution is 7.99. The minimum atomic E-state index is -2.92. The van der Waals surface area contributed by atoms with E-state index in [1.165, 1.54) is 11.8 Å². The van der Waals surface area contributed by atoms with Gasteiger partial charge in [0.25, 0.3) is 5.22 Å². The highest BCUT2D eigenvalue weighted by atomic mass is 32.2. The number of amides is 1. The smallest absolute Gasteiger partial charge is 0.277 e. The van der Waals surface area contributed by atoms with E-state index in [1.807, 2.05) is 4.90 Å². The number of piperazine rings is 1. The molecule has 4 rings (SSSR count). The minimum absolute atomic E-state index is 0.0188. The summed E-state index contributed by atoms with van der Waals surface area (Å²) < 4.78 is 28.7. The molecule has 0 aliphatic carbocycles. The quantitative estimate of drug-likeness (QED) is 0.581. The van der Waals surface area contributed by atoms with Gasteiger partial charge in [0.1, 0.15) is 0 Å². The second-order valence-electron chi connectivity index (χ2n) is 7.14. The van der Waals surface area contributed by atoms with Gasteiger partial charge >= 0.3 is 0 Å². The molecule has 0 radical (unpaired) electrons. The second-order valence-corrected chi connectivity index (χ2v) is 10.3. The highest BCUT2D eigenvalue weighted by Crippen LogP contribution is 2.24. The number of sulfone groups is 1. The van der Waals surface area contributed by atoms with Gasteiger partial charge in [-0.1, -0.05) is 11.8 Å². The topological polar surface area (TPSA) is 122 Å². The van der Waals surface area contributed by atoms with Crippen molar-refractivity contribution >= 4 is 33.5 Å². The fraction of sp³-hybridized carbons (Fsp3) is 0.588. The summed E-state index contributed by atoms with van der Waals surface area (Å²) in [5.74, 6) is 1.79. The van der Waals surface area contributed by atoms with Crippen molar-refractivity contribution in [2.24, 2.45) is 5.92 Å². The molecule has 0 bridgehead atoms. The van der Waals surface area contributed by atoms with E-state index in [0.29, 0.717) is 56.1 Å². The average Bonchev–Trinajstić information content (AvgIpc) is 3.32. The van der Waals surface area contributed by atoms with Crippen LogP contribution < -0.4 is 4.90 Å². The molecular formula is C17H22N6O4S2. The molecule has 10 nitrogen and oxygen atoms in total. The van der Waals surface area contributed by atoms with E-state index in [4.69, 9.17) is 4.42 Å². The monoisotopic (exact) mass is 438 g/mol. The molecule has 4 heterocycles. The van der Waals surface area contributed by atoms with Crippen LogP contribution in [0.4, 0.5) is 5.95 Å². The molecule has 29 heavy (non-hydrogen) atoms. The molecule has 1 atom stereocenters. The van der Waals surface area contributed by atoms with Crippen LogP contribution in [0.1, 0.15) is 12.3 Å². The summed E-state index contributed by atoms with van der Waals surface area (Å²) in [5, 5.41) is 8.29. The van der Waals surface area contributed by atoms with E-state index in [2.05, 4.69) is 25.1 Å². The second kappa shape index (κ2) is 8.66. The van der Waals surface area contributed by atoms with Crippen molar-refractivity contribution in [1.82, 2.24) is 25.1 Å². The number of hydrogen-bond acceptors (Lipinski definition) is 10. The van der Waals surface area contributed by atoms with E-state index < -0.39 is 9.84 Å². The molecule has 0 unspecified atom stereocenters. The number of carbonyl (C=O) groups excluding carboxylic acids is 1. The molecule has 0 saturated carbocycles. The first kappa shape index (κ1) is 20.1. The van der Waals surface area contributed by atoms with Gasteiger partial charge in [-0.3, -0.25) is 4.79 Å². The predicted octanol–water partition coefficient (Wildman–Crippen LogP) is 0.278. The molecule has 0 aromatic carbocycles. The fourth-order valence-electron chi connectivity index (χ4n) is 3.48. The van der Waals surface area contributed by atoms with Gasteiger partial charge in [-0.25, -0.2) is 18.4 Å². The SMILES string of the molecule is O=C(CSc1nnc(C[C@@H]2CCS(=O)(=O)C2)o1)N1CCN(c2ncccn2)CC1. The van der Waals surface area contributed by atoms with Gasteiger partial charge in [-0.15, -0.1) is 10.2 Å². The molecule has 2 aromatic heterocycles. The Balaban J connectivity index is 1.22. The van der Waals surface area contributed by atoms with Crippen molar-refractivity contribution in [3.63, 3.8) is 0 Å². The molecule has 1 amide bonds. The molecule has 12 heteroatoms. The number of hydrogen-bond donors (Lipinski definition) is 0. The molecule has 156 valence electrons. The lowest BCUT2D eigenvalue weighted by Gasteiger charge is -2.34. The summed E-state index contributed by atoms with van der Waals surface area (Å²) in [6.07, 6.45) is 4.51. The third kappa shape index (κ3) is 5.24. The standard InChI is InChI=1S/C17H22N6O4S2/c24-15(22-5-7-23(8-6-22)16-18-3-1-4-19-16)11-28-17-21-20-14(27-17)10-13-2-9-29(25,26)12-13/h1,3-4,13H,2,5-12H2/t13-/m0/s1. The van der Waals surface area contributed by atoms with E-state index in [1.54, 1.807) is 18.5 Å². The summed E-state index contributed by atoms with van der Waals surface area (Å²) in [4.78, 5) is 24.8.